The maximum Gasteiger partial charge on any atom is 0.0503 e. The molecule has 2 atom stereocenters. The van der Waals surface area contributed by atoms with Gasteiger partial charge in [0, 0.05) is 11.8 Å². The van der Waals surface area contributed by atoms with Gasteiger partial charge in [0.1, 0.15) is 0 Å². The van der Waals surface area contributed by atoms with Crippen molar-refractivity contribution in [2.75, 3.05) is 6.54 Å². The predicted molar refractivity (Wildman–Crippen MR) is 50.4 cm³/mol. The number of rotatable bonds is 1. The van der Waals surface area contributed by atoms with Crippen LogP contribution in [0.2, 0.25) is 0 Å². The fraction of sp³-hybridized carbons (Fsp3) is 1.00. The monoisotopic (exact) mass is 181 g/mol. The lowest BCUT2D eigenvalue weighted by molar-refractivity contribution is 0.505. The van der Waals surface area contributed by atoms with Gasteiger partial charge in [-0.2, -0.15) is 12.6 Å². The average Bonchev–Trinajstić information content (AvgIpc) is 1.90. The summed E-state index contributed by atoms with van der Waals surface area (Å²) in [4.78, 5) is 0. The first-order valence-corrected chi connectivity index (χ1v) is 5.49. The van der Waals surface area contributed by atoms with Crippen LogP contribution in [0.1, 0.15) is 12.8 Å². The highest BCUT2D eigenvalue weighted by Gasteiger charge is 2.16. The zero-order chi connectivity index (χ0) is 6.69. The minimum Gasteiger partial charge on any atom is -0.304 e. The third kappa shape index (κ3) is 2.62. The quantitative estimate of drug-likeness (QED) is 0.419. The fourth-order valence-corrected chi connectivity index (χ4v) is 2.11. The molecule has 0 spiro atoms. The topological polar surface area (TPSA) is 12.0 Å². The van der Waals surface area contributed by atoms with E-state index in [2.05, 4.69) is 29.6 Å². The number of nitrogens with one attached hydrogen (secondary N) is 1. The molecule has 1 nitrogen and oxygen atoms in total. The lowest BCUT2D eigenvalue weighted by Crippen LogP contribution is -2.36. The molecule has 1 N–H and O–H groups in total. The Labute approximate surface area is 70.6 Å². The number of hydrogen-bond acceptors (Lipinski definition) is 4. The lowest BCUT2D eigenvalue weighted by atomic mass is 10.2. The highest BCUT2D eigenvalue weighted by atomic mass is 33.1. The van der Waals surface area contributed by atoms with E-state index in [9.17, 15) is 0 Å². The van der Waals surface area contributed by atoms with Crippen molar-refractivity contribution in [2.24, 2.45) is 0 Å². The fourth-order valence-electron chi connectivity index (χ4n) is 0.905. The van der Waals surface area contributed by atoms with E-state index in [-0.39, 0.29) is 0 Å². The first kappa shape index (κ1) is 8.11. The van der Waals surface area contributed by atoms with Gasteiger partial charge in [-0.3, -0.25) is 0 Å². The van der Waals surface area contributed by atoms with Crippen LogP contribution in [0, 0.1) is 0 Å². The van der Waals surface area contributed by atoms with Gasteiger partial charge in [-0.25, -0.2) is 0 Å². The van der Waals surface area contributed by atoms with Crippen molar-refractivity contribution in [2.45, 2.75) is 23.5 Å². The molecule has 1 fully saturated rings. The summed E-state index contributed by atoms with van der Waals surface area (Å²) in [6, 6.07) is 0. The van der Waals surface area contributed by atoms with Gasteiger partial charge in [0.15, 0.2) is 0 Å². The zero-order valence-corrected chi connectivity index (χ0v) is 7.68. The lowest BCUT2D eigenvalue weighted by Gasteiger charge is -2.24. The van der Waals surface area contributed by atoms with Gasteiger partial charge in [0.05, 0.1) is 5.37 Å². The molecule has 0 aromatic rings. The van der Waals surface area contributed by atoms with Crippen LogP contribution in [0.4, 0.5) is 0 Å². The van der Waals surface area contributed by atoms with Crippen LogP contribution < -0.4 is 5.32 Å². The van der Waals surface area contributed by atoms with Crippen molar-refractivity contribution in [1.29, 1.82) is 0 Å². The molecule has 2 unspecified atom stereocenters. The molecule has 1 heterocycles. The molecular formula is C5H11NS3. The summed E-state index contributed by atoms with van der Waals surface area (Å²) in [6.07, 6.45) is 2.41. The van der Waals surface area contributed by atoms with Crippen molar-refractivity contribution in [3.8, 4) is 0 Å². The summed E-state index contributed by atoms with van der Waals surface area (Å²) in [7, 11) is 1.65. The second kappa shape index (κ2) is 4.01. The maximum atomic E-state index is 4.30. The molecule has 1 aliphatic heterocycles. The summed E-state index contributed by atoms with van der Waals surface area (Å²) >= 11 is 8.44. The molecule has 4 heteroatoms. The molecule has 0 saturated carbocycles. The van der Waals surface area contributed by atoms with E-state index in [1.807, 2.05) is 0 Å². The van der Waals surface area contributed by atoms with Crippen LogP contribution in [0.3, 0.4) is 0 Å². The molecule has 1 aliphatic rings. The zero-order valence-electron chi connectivity index (χ0n) is 5.08. The Balaban J connectivity index is 2.18. The maximum absolute atomic E-state index is 4.30. The summed E-state index contributed by atoms with van der Waals surface area (Å²) < 4.78 is 0. The van der Waals surface area contributed by atoms with E-state index in [1.54, 1.807) is 10.8 Å². The van der Waals surface area contributed by atoms with Crippen LogP contribution in [-0.4, -0.2) is 17.2 Å². The van der Waals surface area contributed by atoms with E-state index in [0.717, 1.165) is 6.54 Å². The largest absolute Gasteiger partial charge is 0.304 e. The third-order valence-corrected chi connectivity index (χ3v) is 3.53. The predicted octanol–water partition coefficient (Wildman–Crippen LogP) is 1.57. The molecule has 0 aromatic carbocycles. The highest BCUT2D eigenvalue weighted by Crippen LogP contribution is 2.23. The minimum atomic E-state index is 0.418. The first-order chi connectivity index (χ1) is 4.33. The van der Waals surface area contributed by atoms with E-state index in [0.29, 0.717) is 10.6 Å². The molecule has 1 saturated heterocycles. The van der Waals surface area contributed by atoms with E-state index in [1.165, 1.54) is 12.8 Å². The van der Waals surface area contributed by atoms with E-state index in [4.69, 9.17) is 0 Å². The normalized spacial score (nSPS) is 36.7. The Morgan fingerprint density at radius 2 is 2.22 bits per heavy atom. The van der Waals surface area contributed by atoms with Crippen LogP contribution >= 0.6 is 35.1 Å². The van der Waals surface area contributed by atoms with Crippen LogP contribution in [0.5, 0.6) is 0 Å². The molecule has 0 aromatic heterocycles. The molecule has 0 bridgehead atoms. The SMILES string of the molecule is SSC1CCC(S)NC1. The van der Waals surface area contributed by atoms with Crippen molar-refractivity contribution in [1.82, 2.24) is 5.32 Å². The summed E-state index contributed by atoms with van der Waals surface area (Å²) in [5.74, 6) is 0. The van der Waals surface area contributed by atoms with Crippen LogP contribution in [0.25, 0.3) is 0 Å². The highest BCUT2D eigenvalue weighted by molar-refractivity contribution is 8.68. The Bertz CT molecular complexity index is 80.3. The molecule has 0 aliphatic carbocycles. The van der Waals surface area contributed by atoms with Crippen LogP contribution in [0.15, 0.2) is 0 Å². The number of hydrogen-bond donors (Lipinski definition) is 3. The van der Waals surface area contributed by atoms with Crippen molar-refractivity contribution < 1.29 is 0 Å². The molecule has 9 heavy (non-hydrogen) atoms. The second-order valence-corrected chi connectivity index (χ2v) is 4.36. The Kier molecular flexibility index (Phi) is 3.61. The van der Waals surface area contributed by atoms with Gasteiger partial charge in [-0.15, -0.1) is 11.7 Å². The van der Waals surface area contributed by atoms with Crippen LogP contribution in [-0.2, 0) is 0 Å². The van der Waals surface area contributed by atoms with Gasteiger partial charge in [-0.1, -0.05) is 10.8 Å². The van der Waals surface area contributed by atoms with Gasteiger partial charge in [0.25, 0.3) is 0 Å². The second-order valence-electron chi connectivity index (χ2n) is 2.23. The Morgan fingerprint density at radius 3 is 2.67 bits per heavy atom. The van der Waals surface area contributed by atoms with Crippen molar-refractivity contribution in [3.63, 3.8) is 0 Å². The Morgan fingerprint density at radius 1 is 1.44 bits per heavy atom. The third-order valence-electron chi connectivity index (χ3n) is 1.49. The average molecular weight is 181 g/mol. The summed E-state index contributed by atoms with van der Waals surface area (Å²) in [5.41, 5.74) is 0. The van der Waals surface area contributed by atoms with Crippen molar-refractivity contribution >= 4 is 35.1 Å². The molecule has 54 valence electrons. The van der Waals surface area contributed by atoms with E-state index < -0.39 is 0 Å². The number of piperidine rings is 1. The molecule has 1 rings (SSSR count). The standard InChI is InChI=1S/C5H11NS3/c7-5-2-1-4(9-8)3-6-5/h4-8H,1-3H2. The van der Waals surface area contributed by atoms with Crippen molar-refractivity contribution in [3.05, 3.63) is 0 Å². The minimum absolute atomic E-state index is 0.418. The van der Waals surface area contributed by atoms with E-state index >= 15 is 0 Å². The van der Waals surface area contributed by atoms with Gasteiger partial charge >= 0.3 is 0 Å². The summed E-state index contributed by atoms with van der Waals surface area (Å²) in [6.45, 7) is 1.06. The van der Waals surface area contributed by atoms with Gasteiger partial charge < -0.3 is 5.32 Å². The summed E-state index contributed by atoms with van der Waals surface area (Å²) in [5, 5.41) is 4.39. The first-order valence-electron chi connectivity index (χ1n) is 3.04. The molecule has 0 radical (unpaired) electrons. The number of thiol groups is 2. The van der Waals surface area contributed by atoms with Gasteiger partial charge in [-0.05, 0) is 12.8 Å². The Hall–Kier alpha value is 1.01. The van der Waals surface area contributed by atoms with Gasteiger partial charge in [0.2, 0.25) is 0 Å². The molecule has 0 amide bonds. The molecular weight excluding hydrogens is 170 g/mol. The smallest absolute Gasteiger partial charge is 0.0503 e.